The molecular formula is C20H29CaN7O6. The zero-order valence-corrected chi connectivity index (χ0v) is 18.0. The van der Waals surface area contributed by atoms with E-state index in [4.69, 9.17) is 10.8 Å². The van der Waals surface area contributed by atoms with E-state index in [1.807, 2.05) is 11.9 Å². The van der Waals surface area contributed by atoms with Gasteiger partial charge in [-0.2, -0.15) is 0 Å². The normalized spacial score (nSPS) is 19.9. The fourth-order valence-electron chi connectivity index (χ4n) is 3.48. The number of anilines is 1. The summed E-state index contributed by atoms with van der Waals surface area (Å²) in [6, 6.07) is 4.88. The van der Waals surface area contributed by atoms with Gasteiger partial charge in [-0.05, 0) is 30.7 Å². The van der Waals surface area contributed by atoms with Crippen molar-refractivity contribution in [2.75, 3.05) is 32.0 Å². The summed E-state index contributed by atoms with van der Waals surface area (Å²) in [5.41, 5.74) is 7.61. The third-order valence-corrected chi connectivity index (χ3v) is 5.24. The number of benzene rings is 1. The summed E-state index contributed by atoms with van der Waals surface area (Å²) < 4.78 is 0. The Balaban J connectivity index is 0.00000408. The Morgan fingerprint density at radius 1 is 1.21 bits per heavy atom. The fraction of sp³-hybridized carbons (Fsp3) is 0.400. The van der Waals surface area contributed by atoms with Crippen molar-refractivity contribution < 1.29 is 29.4 Å². The van der Waals surface area contributed by atoms with Crippen molar-refractivity contribution in [1.82, 2.24) is 26.2 Å². The van der Waals surface area contributed by atoms with Crippen molar-refractivity contribution >= 4 is 67.2 Å². The van der Waals surface area contributed by atoms with Crippen LogP contribution in [0.2, 0.25) is 0 Å². The van der Waals surface area contributed by atoms with E-state index in [2.05, 4.69) is 26.6 Å². The summed E-state index contributed by atoms with van der Waals surface area (Å²) in [6.45, 7) is 1.49. The van der Waals surface area contributed by atoms with Crippen LogP contribution in [-0.4, -0.2) is 115 Å². The van der Waals surface area contributed by atoms with Crippen LogP contribution in [0.4, 0.5) is 5.69 Å². The van der Waals surface area contributed by atoms with Gasteiger partial charge in [0.2, 0.25) is 0 Å². The SMILES string of the molecule is CN1CCNC2=C1C(=O)NC(N)(CNc1ccc(C(=O)N[C@@H](CCC(=O)O)C(=O)O)cc1)N2.[CaH2]. The van der Waals surface area contributed by atoms with E-state index < -0.39 is 29.7 Å². The van der Waals surface area contributed by atoms with E-state index >= 15 is 0 Å². The number of nitrogens with one attached hydrogen (secondary N) is 5. The van der Waals surface area contributed by atoms with E-state index in [1.165, 1.54) is 12.1 Å². The Bertz CT molecular complexity index is 986. The fourth-order valence-corrected chi connectivity index (χ4v) is 3.48. The topological polar surface area (TPSA) is 198 Å². The zero-order valence-electron chi connectivity index (χ0n) is 18.0. The monoisotopic (exact) mass is 503 g/mol. The number of carboxylic acids is 2. The first-order valence-electron chi connectivity index (χ1n) is 10.3. The molecule has 2 heterocycles. The Morgan fingerprint density at radius 3 is 2.50 bits per heavy atom. The number of hydrogen-bond donors (Lipinski definition) is 8. The molecule has 0 saturated carbocycles. The molecule has 1 aromatic rings. The Kier molecular flexibility index (Phi) is 9.38. The molecule has 1 unspecified atom stereocenters. The van der Waals surface area contributed by atoms with Crippen LogP contribution in [-0.2, 0) is 14.4 Å². The molecule has 2 amide bonds. The third-order valence-electron chi connectivity index (χ3n) is 5.24. The summed E-state index contributed by atoms with van der Waals surface area (Å²) in [4.78, 5) is 48.6. The van der Waals surface area contributed by atoms with Crippen LogP contribution in [0.25, 0.3) is 0 Å². The van der Waals surface area contributed by atoms with Crippen LogP contribution < -0.4 is 32.3 Å². The second-order valence-electron chi connectivity index (χ2n) is 7.85. The van der Waals surface area contributed by atoms with Crippen LogP contribution >= 0.6 is 0 Å². The summed E-state index contributed by atoms with van der Waals surface area (Å²) >= 11 is 0. The molecule has 14 heteroatoms. The molecule has 34 heavy (non-hydrogen) atoms. The Morgan fingerprint density at radius 2 is 1.88 bits per heavy atom. The van der Waals surface area contributed by atoms with Gasteiger partial charge in [0.05, 0.1) is 6.54 Å². The van der Waals surface area contributed by atoms with Crippen molar-refractivity contribution in [3.8, 4) is 0 Å². The number of carbonyl (C=O) groups is 4. The molecule has 0 aliphatic carbocycles. The van der Waals surface area contributed by atoms with Gasteiger partial charge in [0, 0.05) is 37.8 Å². The summed E-state index contributed by atoms with van der Waals surface area (Å²) in [5, 5.41) is 32.3. The molecule has 2 aliphatic rings. The molecule has 0 aromatic heterocycles. The second kappa shape index (κ2) is 11.6. The predicted octanol–water partition coefficient (Wildman–Crippen LogP) is -2.73. The van der Waals surface area contributed by atoms with Crippen molar-refractivity contribution in [2.24, 2.45) is 5.73 Å². The first-order valence-corrected chi connectivity index (χ1v) is 10.3. The average Bonchev–Trinajstić information content (AvgIpc) is 2.74. The number of amides is 2. The minimum absolute atomic E-state index is 0. The number of nitrogens with zero attached hydrogens (tertiary/aromatic N) is 1. The number of nitrogens with two attached hydrogens (primary N) is 1. The standard InChI is InChI=1S/C20H27N7O6.Ca.2H/c1-27-9-8-22-16-15(27)18(31)26-20(21,25-16)10-23-12-4-2-11(3-5-12)17(30)24-13(19(32)33)6-7-14(28)29;;;/h2-5,13,22-23,25H,6-10,21H2,1H3,(H,24,30)(H,26,31)(H,28,29)(H,32,33);;;/t13-,20?;;;/m0.../s1. The molecule has 2 atom stereocenters. The molecule has 182 valence electrons. The first-order chi connectivity index (χ1) is 15.6. The number of likely N-dealkylation sites (N-methyl/N-ethyl adjacent to an activating group) is 1. The van der Waals surface area contributed by atoms with Gasteiger partial charge >= 0.3 is 49.7 Å². The number of aliphatic carboxylic acids is 2. The molecule has 0 bridgehead atoms. The van der Waals surface area contributed by atoms with Crippen LogP contribution in [0, 0.1) is 0 Å². The summed E-state index contributed by atoms with van der Waals surface area (Å²) in [6.07, 6.45) is -0.605. The summed E-state index contributed by atoms with van der Waals surface area (Å²) in [5.74, 6) is -4.09. The van der Waals surface area contributed by atoms with Crippen LogP contribution in [0.15, 0.2) is 35.8 Å². The molecule has 13 nitrogen and oxygen atoms in total. The number of carbonyl (C=O) groups excluding carboxylic acids is 2. The van der Waals surface area contributed by atoms with Crippen LogP contribution in [0.3, 0.4) is 0 Å². The number of hydrogen-bond acceptors (Lipinski definition) is 9. The van der Waals surface area contributed by atoms with Crippen molar-refractivity contribution in [1.29, 1.82) is 0 Å². The molecule has 1 aromatic carbocycles. The van der Waals surface area contributed by atoms with E-state index in [9.17, 15) is 24.3 Å². The predicted molar refractivity (Wildman–Crippen MR) is 125 cm³/mol. The molecule has 3 rings (SSSR count). The van der Waals surface area contributed by atoms with Crippen molar-refractivity contribution in [3.63, 3.8) is 0 Å². The average molecular weight is 504 g/mol. The molecule has 2 aliphatic heterocycles. The van der Waals surface area contributed by atoms with Gasteiger partial charge in [0.15, 0.2) is 5.79 Å². The minimum atomic E-state index is -1.31. The number of rotatable bonds is 9. The molecule has 0 fully saturated rings. The van der Waals surface area contributed by atoms with Gasteiger partial charge in [-0.1, -0.05) is 0 Å². The van der Waals surface area contributed by atoms with Gasteiger partial charge in [0.25, 0.3) is 11.8 Å². The number of carboxylic acid groups (broad SMARTS) is 2. The quantitative estimate of drug-likeness (QED) is 0.163. The molecular weight excluding hydrogens is 474 g/mol. The van der Waals surface area contributed by atoms with E-state index in [0.717, 1.165) is 0 Å². The first kappa shape index (κ1) is 27.5. The maximum atomic E-state index is 12.5. The van der Waals surface area contributed by atoms with Gasteiger partial charge in [0.1, 0.15) is 17.6 Å². The molecule has 0 spiro atoms. The van der Waals surface area contributed by atoms with Crippen molar-refractivity contribution in [2.45, 2.75) is 24.7 Å². The van der Waals surface area contributed by atoms with E-state index in [0.29, 0.717) is 30.3 Å². The molecule has 0 saturated heterocycles. The van der Waals surface area contributed by atoms with Gasteiger partial charge < -0.3 is 41.7 Å². The van der Waals surface area contributed by atoms with Gasteiger partial charge in [-0.3, -0.25) is 20.1 Å². The van der Waals surface area contributed by atoms with Crippen molar-refractivity contribution in [3.05, 3.63) is 41.3 Å². The van der Waals surface area contributed by atoms with Gasteiger partial charge in [-0.25, -0.2) is 4.79 Å². The molecule has 9 N–H and O–H groups in total. The van der Waals surface area contributed by atoms with Crippen LogP contribution in [0.5, 0.6) is 0 Å². The van der Waals surface area contributed by atoms with Crippen LogP contribution in [0.1, 0.15) is 23.2 Å². The second-order valence-corrected chi connectivity index (χ2v) is 7.85. The van der Waals surface area contributed by atoms with Gasteiger partial charge in [-0.15, -0.1) is 0 Å². The maximum absolute atomic E-state index is 12.5. The van der Waals surface area contributed by atoms with E-state index in [-0.39, 0.29) is 68.6 Å². The Labute approximate surface area is 225 Å². The zero-order chi connectivity index (χ0) is 24.2. The summed E-state index contributed by atoms with van der Waals surface area (Å²) in [7, 11) is 1.82. The Hall–Kier alpha value is -2.74. The third kappa shape index (κ3) is 6.88. The van der Waals surface area contributed by atoms with E-state index in [1.54, 1.807) is 12.1 Å². The molecule has 0 radical (unpaired) electrons.